The van der Waals surface area contributed by atoms with Crippen LogP contribution in [-0.2, 0) is 0 Å². The number of nitrogens with zero attached hydrogens (tertiary/aromatic N) is 1. The Morgan fingerprint density at radius 2 is 2.19 bits per heavy atom. The molecule has 0 heterocycles. The molecule has 1 aromatic carbocycles. The van der Waals surface area contributed by atoms with E-state index in [0.29, 0.717) is 0 Å². The lowest BCUT2D eigenvalue weighted by molar-refractivity contribution is -0.431. The average molecular weight is 244 g/mol. The standard InChI is InChI=1S/C11H11ClFNO2/c1-7(2)10(14(15)16)6-8-4-3-5-9(12)11(8)13/h3-7H,1-2H3/b10-6-. The van der Waals surface area contributed by atoms with Crippen molar-refractivity contribution in [3.05, 3.63) is 50.4 Å². The Labute approximate surface area is 97.7 Å². The molecule has 0 aromatic heterocycles. The second-order valence-corrected chi connectivity index (χ2v) is 4.03. The summed E-state index contributed by atoms with van der Waals surface area (Å²) in [5.74, 6) is -0.919. The summed E-state index contributed by atoms with van der Waals surface area (Å²) in [7, 11) is 0. The van der Waals surface area contributed by atoms with E-state index >= 15 is 0 Å². The Balaban J connectivity index is 3.23. The maximum Gasteiger partial charge on any atom is 0.249 e. The fourth-order valence-corrected chi connectivity index (χ4v) is 1.40. The number of benzene rings is 1. The number of rotatable bonds is 3. The molecule has 1 rings (SSSR count). The number of halogens is 2. The second kappa shape index (κ2) is 5.07. The van der Waals surface area contributed by atoms with Crippen molar-refractivity contribution in [1.82, 2.24) is 0 Å². The summed E-state index contributed by atoms with van der Waals surface area (Å²) in [6.45, 7) is 3.36. The van der Waals surface area contributed by atoms with E-state index in [1.807, 2.05) is 0 Å². The van der Waals surface area contributed by atoms with E-state index in [4.69, 9.17) is 11.6 Å². The lowest BCUT2D eigenvalue weighted by Crippen LogP contribution is -2.05. The van der Waals surface area contributed by atoms with Crippen molar-refractivity contribution in [2.24, 2.45) is 5.92 Å². The van der Waals surface area contributed by atoms with Crippen molar-refractivity contribution in [1.29, 1.82) is 0 Å². The van der Waals surface area contributed by atoms with E-state index in [1.54, 1.807) is 19.9 Å². The Bertz CT molecular complexity index is 444. The van der Waals surface area contributed by atoms with E-state index in [9.17, 15) is 14.5 Å². The van der Waals surface area contributed by atoms with Gasteiger partial charge in [-0.25, -0.2) is 4.39 Å². The van der Waals surface area contributed by atoms with Crippen molar-refractivity contribution in [3.63, 3.8) is 0 Å². The minimum atomic E-state index is -0.635. The van der Waals surface area contributed by atoms with Gasteiger partial charge < -0.3 is 0 Å². The number of nitro groups is 1. The van der Waals surface area contributed by atoms with E-state index in [1.165, 1.54) is 18.2 Å². The molecule has 0 radical (unpaired) electrons. The molecule has 5 heteroatoms. The Hall–Kier alpha value is -1.42. The zero-order valence-electron chi connectivity index (χ0n) is 8.91. The molecule has 0 bridgehead atoms. The molecule has 0 N–H and O–H groups in total. The number of hydrogen-bond acceptors (Lipinski definition) is 2. The van der Waals surface area contributed by atoms with Gasteiger partial charge in [0, 0.05) is 17.6 Å². The molecule has 1 aromatic rings. The highest BCUT2D eigenvalue weighted by Crippen LogP contribution is 2.22. The highest BCUT2D eigenvalue weighted by Gasteiger charge is 2.17. The van der Waals surface area contributed by atoms with Crippen LogP contribution in [0.15, 0.2) is 23.9 Å². The smallest absolute Gasteiger partial charge is 0.249 e. The normalized spacial score (nSPS) is 11.9. The lowest BCUT2D eigenvalue weighted by atomic mass is 10.1. The molecule has 0 spiro atoms. The largest absolute Gasteiger partial charge is 0.259 e. The maximum atomic E-state index is 13.5. The molecule has 0 aliphatic carbocycles. The van der Waals surface area contributed by atoms with Crippen molar-refractivity contribution in [2.45, 2.75) is 13.8 Å². The van der Waals surface area contributed by atoms with E-state index in [0.717, 1.165) is 0 Å². The first kappa shape index (κ1) is 12.6. The summed E-state index contributed by atoms with van der Waals surface area (Å²) in [5, 5.41) is 10.7. The summed E-state index contributed by atoms with van der Waals surface area (Å²) >= 11 is 5.58. The predicted molar refractivity (Wildman–Crippen MR) is 61.2 cm³/mol. The molecule has 0 saturated carbocycles. The quantitative estimate of drug-likeness (QED) is 0.599. The molecule has 0 atom stereocenters. The highest BCUT2D eigenvalue weighted by atomic mass is 35.5. The minimum absolute atomic E-state index is 0.0406. The zero-order valence-corrected chi connectivity index (χ0v) is 9.66. The van der Waals surface area contributed by atoms with Crippen molar-refractivity contribution in [2.75, 3.05) is 0 Å². The fourth-order valence-electron chi connectivity index (χ4n) is 1.22. The van der Waals surface area contributed by atoms with Crippen LogP contribution in [-0.4, -0.2) is 4.92 Å². The first-order valence-corrected chi connectivity index (χ1v) is 5.11. The molecule has 0 aliphatic heterocycles. The maximum absolute atomic E-state index is 13.5. The predicted octanol–water partition coefficient (Wildman–Crippen LogP) is 3.75. The van der Waals surface area contributed by atoms with Gasteiger partial charge in [0.25, 0.3) is 0 Å². The van der Waals surface area contributed by atoms with Gasteiger partial charge in [0.2, 0.25) is 5.70 Å². The molecule has 3 nitrogen and oxygen atoms in total. The van der Waals surface area contributed by atoms with Gasteiger partial charge in [-0.15, -0.1) is 0 Å². The van der Waals surface area contributed by atoms with Gasteiger partial charge in [-0.1, -0.05) is 37.6 Å². The molecule has 0 aliphatic rings. The first-order chi connectivity index (χ1) is 7.43. The van der Waals surface area contributed by atoms with Crippen molar-refractivity contribution in [3.8, 4) is 0 Å². The van der Waals surface area contributed by atoms with Crippen molar-refractivity contribution < 1.29 is 9.31 Å². The van der Waals surface area contributed by atoms with Crippen LogP contribution in [0.25, 0.3) is 6.08 Å². The first-order valence-electron chi connectivity index (χ1n) is 4.73. The van der Waals surface area contributed by atoms with Crippen LogP contribution in [0.4, 0.5) is 4.39 Å². The topological polar surface area (TPSA) is 43.1 Å². The summed E-state index contributed by atoms with van der Waals surface area (Å²) in [5.41, 5.74) is 0.0917. The number of allylic oxidation sites excluding steroid dienone is 1. The Kier molecular flexibility index (Phi) is 4.01. The molecule has 86 valence electrons. The van der Waals surface area contributed by atoms with Crippen LogP contribution in [0.5, 0.6) is 0 Å². The van der Waals surface area contributed by atoms with Gasteiger partial charge in [0.1, 0.15) is 5.82 Å². The monoisotopic (exact) mass is 243 g/mol. The van der Waals surface area contributed by atoms with Crippen LogP contribution >= 0.6 is 11.6 Å². The summed E-state index contributed by atoms with van der Waals surface area (Å²) in [6.07, 6.45) is 1.21. The molecule has 16 heavy (non-hydrogen) atoms. The van der Waals surface area contributed by atoms with Crippen LogP contribution in [0, 0.1) is 21.8 Å². The molecule has 0 amide bonds. The third kappa shape index (κ3) is 2.79. The van der Waals surface area contributed by atoms with Gasteiger partial charge >= 0.3 is 0 Å². The minimum Gasteiger partial charge on any atom is -0.259 e. The van der Waals surface area contributed by atoms with E-state index < -0.39 is 10.7 Å². The molecular formula is C11H11ClFNO2. The summed E-state index contributed by atoms with van der Waals surface area (Å²) < 4.78 is 13.5. The molecular weight excluding hydrogens is 233 g/mol. The van der Waals surface area contributed by atoms with Crippen LogP contribution < -0.4 is 0 Å². The third-order valence-corrected chi connectivity index (χ3v) is 2.38. The van der Waals surface area contributed by atoms with E-state index in [-0.39, 0.29) is 22.2 Å². The van der Waals surface area contributed by atoms with Gasteiger partial charge in [0.15, 0.2) is 0 Å². The van der Waals surface area contributed by atoms with Gasteiger partial charge in [-0.05, 0) is 6.07 Å². The summed E-state index contributed by atoms with van der Waals surface area (Å²) in [6, 6.07) is 4.40. The van der Waals surface area contributed by atoms with Crippen LogP contribution in [0.1, 0.15) is 19.4 Å². The number of hydrogen-bond donors (Lipinski definition) is 0. The third-order valence-electron chi connectivity index (χ3n) is 2.09. The van der Waals surface area contributed by atoms with Crippen molar-refractivity contribution >= 4 is 17.7 Å². The molecule has 0 unspecified atom stereocenters. The summed E-state index contributed by atoms with van der Waals surface area (Å²) in [4.78, 5) is 10.2. The van der Waals surface area contributed by atoms with Gasteiger partial charge in [0.05, 0.1) is 9.95 Å². The van der Waals surface area contributed by atoms with Crippen LogP contribution in [0.3, 0.4) is 0 Å². The van der Waals surface area contributed by atoms with Crippen LogP contribution in [0.2, 0.25) is 5.02 Å². The SMILES string of the molecule is CC(C)/C(=C/c1cccc(Cl)c1F)[N+](=O)[O-]. The fraction of sp³-hybridized carbons (Fsp3) is 0.273. The Morgan fingerprint density at radius 1 is 1.56 bits per heavy atom. The molecule has 0 fully saturated rings. The average Bonchev–Trinajstić information content (AvgIpc) is 2.19. The second-order valence-electron chi connectivity index (χ2n) is 3.62. The van der Waals surface area contributed by atoms with Gasteiger partial charge in [-0.3, -0.25) is 10.1 Å². The van der Waals surface area contributed by atoms with E-state index in [2.05, 4.69) is 0 Å². The van der Waals surface area contributed by atoms with Gasteiger partial charge in [-0.2, -0.15) is 0 Å². The Morgan fingerprint density at radius 3 is 2.69 bits per heavy atom. The lowest BCUT2D eigenvalue weighted by Gasteiger charge is -2.03. The zero-order chi connectivity index (χ0) is 12.3. The highest BCUT2D eigenvalue weighted by molar-refractivity contribution is 6.30. The molecule has 0 saturated heterocycles.